The topological polar surface area (TPSA) is 63.3 Å². The number of aromatic nitrogens is 1. The van der Waals surface area contributed by atoms with E-state index in [-0.39, 0.29) is 5.69 Å². The molecule has 4 nitrogen and oxygen atoms in total. The number of carboxylic acids is 1. The van der Waals surface area contributed by atoms with Crippen molar-refractivity contribution in [2.45, 2.75) is 12.8 Å². The largest absolute Gasteiger partial charge is 0.476 e. The molecule has 1 N–H and O–H groups in total. The number of aromatic carboxylic acids is 1. The first kappa shape index (κ1) is 9.15. The maximum atomic E-state index is 10.9. The molecule has 16 heavy (non-hydrogen) atoms. The molecular formula is C12H9NO3. The van der Waals surface area contributed by atoms with E-state index in [9.17, 15) is 4.79 Å². The number of hydrogen-bond donors (Lipinski definition) is 1. The van der Waals surface area contributed by atoms with Gasteiger partial charge in [0.2, 0.25) is 0 Å². The quantitative estimate of drug-likeness (QED) is 0.791. The van der Waals surface area contributed by atoms with Crippen molar-refractivity contribution < 1.29 is 14.4 Å². The molecule has 0 unspecified atom stereocenters. The molecule has 0 bridgehead atoms. The van der Waals surface area contributed by atoms with Gasteiger partial charge in [-0.1, -0.05) is 29.4 Å². The van der Waals surface area contributed by atoms with E-state index in [1.807, 2.05) is 24.3 Å². The van der Waals surface area contributed by atoms with Crippen LogP contribution in [0, 0.1) is 0 Å². The highest BCUT2D eigenvalue weighted by atomic mass is 16.5. The average Bonchev–Trinajstić information content (AvgIpc) is 2.73. The summed E-state index contributed by atoms with van der Waals surface area (Å²) in [5.41, 5.74) is 2.91. The molecule has 1 heterocycles. The zero-order valence-corrected chi connectivity index (χ0v) is 8.43. The molecule has 0 atom stereocenters. The van der Waals surface area contributed by atoms with Crippen molar-refractivity contribution in [1.82, 2.24) is 5.16 Å². The lowest BCUT2D eigenvalue weighted by atomic mass is 9.90. The highest BCUT2D eigenvalue weighted by Crippen LogP contribution is 2.34. The molecule has 3 rings (SSSR count). The van der Waals surface area contributed by atoms with Crippen LogP contribution in [0.25, 0.3) is 11.3 Å². The van der Waals surface area contributed by atoms with Crippen LogP contribution >= 0.6 is 0 Å². The van der Waals surface area contributed by atoms with Gasteiger partial charge in [-0.05, 0) is 18.4 Å². The van der Waals surface area contributed by atoms with E-state index in [1.54, 1.807) is 0 Å². The first-order valence-electron chi connectivity index (χ1n) is 5.07. The minimum Gasteiger partial charge on any atom is -0.476 e. The van der Waals surface area contributed by atoms with Gasteiger partial charge in [-0.3, -0.25) is 0 Å². The Morgan fingerprint density at radius 2 is 2.12 bits per heavy atom. The van der Waals surface area contributed by atoms with Gasteiger partial charge in [0, 0.05) is 11.1 Å². The van der Waals surface area contributed by atoms with Crippen molar-refractivity contribution in [2.24, 2.45) is 0 Å². The normalized spacial score (nSPS) is 13.0. The molecule has 80 valence electrons. The Bertz CT molecular complexity index is 571. The van der Waals surface area contributed by atoms with Crippen molar-refractivity contribution in [3.8, 4) is 11.3 Å². The Labute approximate surface area is 91.5 Å². The van der Waals surface area contributed by atoms with Crippen LogP contribution in [0.2, 0.25) is 0 Å². The first-order chi connectivity index (χ1) is 7.77. The molecule has 0 aliphatic heterocycles. The number of carbonyl (C=O) groups is 1. The Hall–Kier alpha value is -2.10. The third-order valence-corrected chi connectivity index (χ3v) is 2.90. The maximum Gasteiger partial charge on any atom is 0.358 e. The summed E-state index contributed by atoms with van der Waals surface area (Å²) in [6.07, 6.45) is 1.52. The molecule has 0 fully saturated rings. The third-order valence-electron chi connectivity index (χ3n) is 2.90. The van der Waals surface area contributed by atoms with Gasteiger partial charge in [0.05, 0.1) is 0 Å². The first-order valence-corrected chi connectivity index (χ1v) is 5.07. The van der Waals surface area contributed by atoms with E-state index < -0.39 is 5.97 Å². The Morgan fingerprint density at radius 1 is 1.31 bits per heavy atom. The molecule has 0 saturated heterocycles. The molecule has 4 heteroatoms. The van der Waals surface area contributed by atoms with E-state index in [2.05, 4.69) is 5.16 Å². The van der Waals surface area contributed by atoms with Crippen molar-refractivity contribution in [3.05, 3.63) is 41.1 Å². The van der Waals surface area contributed by atoms with Gasteiger partial charge >= 0.3 is 5.97 Å². The van der Waals surface area contributed by atoms with Crippen LogP contribution < -0.4 is 0 Å². The Morgan fingerprint density at radius 3 is 2.94 bits per heavy atom. The predicted molar refractivity (Wildman–Crippen MR) is 56.3 cm³/mol. The summed E-state index contributed by atoms with van der Waals surface area (Å²) >= 11 is 0. The van der Waals surface area contributed by atoms with E-state index in [0.717, 1.165) is 12.0 Å². The molecule has 0 radical (unpaired) electrons. The lowest BCUT2D eigenvalue weighted by Crippen LogP contribution is -2.07. The summed E-state index contributed by atoms with van der Waals surface area (Å²) in [4.78, 5) is 10.9. The second kappa shape index (κ2) is 3.20. The number of hydrogen-bond acceptors (Lipinski definition) is 3. The molecule has 0 saturated carbocycles. The zero-order valence-electron chi connectivity index (χ0n) is 8.43. The van der Waals surface area contributed by atoms with E-state index in [1.165, 1.54) is 5.56 Å². The van der Waals surface area contributed by atoms with Crippen LogP contribution in [0.15, 0.2) is 28.8 Å². The van der Waals surface area contributed by atoms with Crippen molar-refractivity contribution in [1.29, 1.82) is 0 Å². The average molecular weight is 215 g/mol. The molecule has 0 amide bonds. The van der Waals surface area contributed by atoms with Crippen LogP contribution in [-0.2, 0) is 12.8 Å². The maximum absolute atomic E-state index is 10.9. The zero-order chi connectivity index (χ0) is 11.1. The highest BCUT2D eigenvalue weighted by molar-refractivity contribution is 5.89. The number of carboxylic acid groups (broad SMARTS) is 1. The van der Waals surface area contributed by atoms with Crippen LogP contribution in [0.1, 0.15) is 21.6 Å². The van der Waals surface area contributed by atoms with E-state index in [4.69, 9.17) is 9.63 Å². The molecule has 1 aliphatic carbocycles. The van der Waals surface area contributed by atoms with Gasteiger partial charge < -0.3 is 9.63 Å². The number of benzene rings is 1. The molecule has 1 aromatic heterocycles. The molecule has 1 aromatic carbocycles. The standard InChI is InChI=1S/C12H9NO3/c14-12(15)10-9-6-5-7-3-1-2-4-8(7)11(9)16-13-10/h1-4H,5-6H2,(H,14,15). The Kier molecular flexibility index (Phi) is 1.83. The van der Waals surface area contributed by atoms with Crippen LogP contribution in [0.5, 0.6) is 0 Å². The minimum atomic E-state index is -1.02. The second-order valence-electron chi connectivity index (χ2n) is 3.80. The summed E-state index contributed by atoms with van der Waals surface area (Å²) in [6.45, 7) is 0. The van der Waals surface area contributed by atoms with Crippen molar-refractivity contribution in [3.63, 3.8) is 0 Å². The smallest absolute Gasteiger partial charge is 0.358 e. The molecule has 1 aliphatic rings. The van der Waals surface area contributed by atoms with Gasteiger partial charge in [0.25, 0.3) is 0 Å². The number of rotatable bonds is 1. The van der Waals surface area contributed by atoms with Gasteiger partial charge in [-0.15, -0.1) is 0 Å². The lowest BCUT2D eigenvalue weighted by molar-refractivity contribution is 0.0685. The van der Waals surface area contributed by atoms with Crippen LogP contribution in [-0.4, -0.2) is 16.2 Å². The summed E-state index contributed by atoms with van der Waals surface area (Å²) in [7, 11) is 0. The van der Waals surface area contributed by atoms with Gasteiger partial charge in [-0.2, -0.15) is 0 Å². The number of nitrogens with zero attached hydrogens (tertiary/aromatic N) is 1. The molecular weight excluding hydrogens is 206 g/mol. The monoisotopic (exact) mass is 215 g/mol. The predicted octanol–water partition coefficient (Wildman–Crippen LogP) is 2.14. The van der Waals surface area contributed by atoms with Crippen LogP contribution in [0.4, 0.5) is 0 Å². The minimum absolute atomic E-state index is 0.0458. The number of fused-ring (bicyclic) bond motifs is 3. The molecule has 2 aromatic rings. The van der Waals surface area contributed by atoms with Gasteiger partial charge in [0.15, 0.2) is 11.5 Å². The fraction of sp³-hybridized carbons (Fsp3) is 0.167. The fourth-order valence-corrected chi connectivity index (χ4v) is 2.14. The number of aryl methyl sites for hydroxylation is 1. The summed E-state index contributed by atoms with van der Waals surface area (Å²) in [5, 5.41) is 12.6. The van der Waals surface area contributed by atoms with Crippen LogP contribution in [0.3, 0.4) is 0 Å². The second-order valence-corrected chi connectivity index (χ2v) is 3.80. The van der Waals surface area contributed by atoms with E-state index in [0.29, 0.717) is 17.7 Å². The van der Waals surface area contributed by atoms with Gasteiger partial charge in [-0.25, -0.2) is 4.79 Å². The van der Waals surface area contributed by atoms with Gasteiger partial charge in [0.1, 0.15) is 0 Å². The SMILES string of the molecule is O=C(O)c1noc2c1CCc1ccccc1-2. The molecule has 0 spiro atoms. The summed E-state index contributed by atoms with van der Waals surface area (Å²) < 4.78 is 5.14. The lowest BCUT2D eigenvalue weighted by Gasteiger charge is -2.13. The van der Waals surface area contributed by atoms with Crippen molar-refractivity contribution in [2.75, 3.05) is 0 Å². The third kappa shape index (κ3) is 1.16. The summed E-state index contributed by atoms with van der Waals surface area (Å²) in [5.74, 6) is -0.413. The highest BCUT2D eigenvalue weighted by Gasteiger charge is 2.26. The van der Waals surface area contributed by atoms with E-state index >= 15 is 0 Å². The Balaban J connectivity index is 2.23. The fourth-order valence-electron chi connectivity index (χ4n) is 2.14. The summed E-state index contributed by atoms with van der Waals surface area (Å²) in [6, 6.07) is 7.85. The van der Waals surface area contributed by atoms with Crippen molar-refractivity contribution >= 4 is 5.97 Å².